The molecule has 4 nitrogen and oxygen atoms in total. The molecule has 0 aliphatic heterocycles. The van der Waals surface area contributed by atoms with Crippen molar-refractivity contribution in [2.75, 3.05) is 37.8 Å². The number of carbonyl (C=O) groups excluding carboxylic acids is 1. The Hall–Kier alpha value is -1.48. The van der Waals surface area contributed by atoms with Crippen LogP contribution in [0.5, 0.6) is 0 Å². The van der Waals surface area contributed by atoms with E-state index in [0.29, 0.717) is 18.7 Å². The third kappa shape index (κ3) is 6.50. The van der Waals surface area contributed by atoms with Crippen LogP contribution in [-0.2, 0) is 4.79 Å². The van der Waals surface area contributed by atoms with Gasteiger partial charge >= 0.3 is 0 Å². The van der Waals surface area contributed by atoms with Crippen LogP contribution >= 0.6 is 39.0 Å². The van der Waals surface area contributed by atoms with Crippen LogP contribution in [0.15, 0.2) is 51.8 Å². The van der Waals surface area contributed by atoms with Crippen molar-refractivity contribution < 1.29 is 9.18 Å². The largest absolute Gasteiger partial charge is 0.309 e. The lowest BCUT2D eigenvalue weighted by molar-refractivity contribution is -0.118. The molecule has 0 radical (unpaired) electrons. The first-order valence-corrected chi connectivity index (χ1v) is 11.9. The van der Waals surface area contributed by atoms with Crippen molar-refractivity contribution in [3.63, 3.8) is 0 Å². The van der Waals surface area contributed by atoms with E-state index in [1.807, 2.05) is 37.2 Å². The zero-order valence-electron chi connectivity index (χ0n) is 16.4. The van der Waals surface area contributed by atoms with Gasteiger partial charge in [0.1, 0.15) is 5.82 Å². The quantitative estimate of drug-likeness (QED) is 0.358. The van der Waals surface area contributed by atoms with Gasteiger partial charge in [0.05, 0.1) is 10.2 Å². The molecule has 0 saturated heterocycles. The number of aromatic nitrogens is 1. The summed E-state index contributed by atoms with van der Waals surface area (Å²) in [7, 11) is 4.06. The van der Waals surface area contributed by atoms with E-state index in [1.54, 1.807) is 35.2 Å². The second-order valence-corrected chi connectivity index (χ2v) is 9.96. The summed E-state index contributed by atoms with van der Waals surface area (Å²) in [5, 5.41) is 0.744. The summed E-state index contributed by atoms with van der Waals surface area (Å²) in [6.07, 6.45) is 1.28. The number of halogens is 2. The Morgan fingerprint density at radius 1 is 1.17 bits per heavy atom. The van der Waals surface area contributed by atoms with Gasteiger partial charge in [0, 0.05) is 28.1 Å². The number of hydrogen-bond donors (Lipinski definition) is 0. The second-order valence-electron chi connectivity index (χ2n) is 6.86. The van der Waals surface area contributed by atoms with Crippen LogP contribution in [0.2, 0.25) is 0 Å². The monoisotopic (exact) mass is 495 g/mol. The Kier molecular flexibility index (Phi) is 8.06. The number of nitrogens with zero attached hydrogens (tertiary/aromatic N) is 3. The third-order valence-corrected chi connectivity index (χ3v) is 6.80. The van der Waals surface area contributed by atoms with Gasteiger partial charge in [0.25, 0.3) is 0 Å². The van der Waals surface area contributed by atoms with Gasteiger partial charge in [-0.15, -0.1) is 11.8 Å². The van der Waals surface area contributed by atoms with Crippen LogP contribution in [0.3, 0.4) is 0 Å². The molecule has 29 heavy (non-hydrogen) atoms. The Balaban J connectivity index is 1.69. The van der Waals surface area contributed by atoms with Crippen molar-refractivity contribution in [3.8, 4) is 0 Å². The Morgan fingerprint density at radius 3 is 2.66 bits per heavy atom. The molecule has 3 aromatic rings. The molecule has 0 fully saturated rings. The normalized spacial score (nSPS) is 11.3. The first kappa shape index (κ1) is 22.2. The number of thioether (sulfide) groups is 1. The molecule has 1 amide bonds. The van der Waals surface area contributed by atoms with Gasteiger partial charge in [-0.1, -0.05) is 27.3 Å². The Bertz CT molecular complexity index is 962. The smallest absolute Gasteiger partial charge is 0.229 e. The molecule has 0 aliphatic carbocycles. The highest BCUT2D eigenvalue weighted by Crippen LogP contribution is 2.31. The molecule has 0 atom stereocenters. The van der Waals surface area contributed by atoms with Crippen LogP contribution in [0.4, 0.5) is 9.52 Å². The van der Waals surface area contributed by atoms with E-state index in [0.717, 1.165) is 37.7 Å². The lowest BCUT2D eigenvalue weighted by Gasteiger charge is -2.21. The summed E-state index contributed by atoms with van der Waals surface area (Å²) in [4.78, 5) is 22.6. The molecule has 0 saturated carbocycles. The minimum Gasteiger partial charge on any atom is -0.309 e. The van der Waals surface area contributed by atoms with Crippen LogP contribution < -0.4 is 4.90 Å². The highest BCUT2D eigenvalue weighted by Gasteiger charge is 2.19. The number of amides is 1. The topological polar surface area (TPSA) is 36.4 Å². The molecule has 1 aromatic heterocycles. The molecule has 2 aromatic carbocycles. The first-order valence-electron chi connectivity index (χ1n) is 9.32. The van der Waals surface area contributed by atoms with Crippen LogP contribution in [0.1, 0.15) is 12.8 Å². The van der Waals surface area contributed by atoms with E-state index in [-0.39, 0.29) is 11.7 Å². The fraction of sp³-hybridized carbons (Fsp3) is 0.333. The van der Waals surface area contributed by atoms with E-state index in [2.05, 4.69) is 25.8 Å². The molecule has 1 heterocycles. The third-order valence-electron chi connectivity index (χ3n) is 4.26. The van der Waals surface area contributed by atoms with Crippen LogP contribution in [0, 0.1) is 5.82 Å². The highest BCUT2D eigenvalue weighted by molar-refractivity contribution is 9.10. The van der Waals surface area contributed by atoms with Crippen molar-refractivity contribution in [3.05, 3.63) is 52.8 Å². The number of rotatable bonds is 9. The Morgan fingerprint density at radius 2 is 1.93 bits per heavy atom. The van der Waals surface area contributed by atoms with E-state index in [1.165, 1.54) is 12.1 Å². The molecule has 0 N–H and O–H groups in total. The minimum absolute atomic E-state index is 0.0662. The molecule has 8 heteroatoms. The molecule has 0 unspecified atom stereocenters. The number of thiazole rings is 1. The maximum absolute atomic E-state index is 13.0. The summed E-state index contributed by atoms with van der Waals surface area (Å²) in [6, 6.07) is 12.3. The van der Waals surface area contributed by atoms with E-state index in [4.69, 9.17) is 0 Å². The molecule has 0 spiro atoms. The Labute approximate surface area is 187 Å². The predicted octanol–water partition coefficient (Wildman–Crippen LogP) is 5.67. The average molecular weight is 496 g/mol. The highest BCUT2D eigenvalue weighted by atomic mass is 79.9. The van der Waals surface area contributed by atoms with Gasteiger partial charge in [-0.2, -0.15) is 0 Å². The number of fused-ring (bicyclic) bond motifs is 1. The van der Waals surface area contributed by atoms with Gasteiger partial charge in [-0.05, 0) is 69.5 Å². The zero-order valence-corrected chi connectivity index (χ0v) is 19.6. The van der Waals surface area contributed by atoms with Gasteiger partial charge in [-0.3, -0.25) is 9.69 Å². The van der Waals surface area contributed by atoms with Gasteiger partial charge in [-0.25, -0.2) is 9.37 Å². The summed E-state index contributed by atoms with van der Waals surface area (Å²) < 4.78 is 15.1. The van der Waals surface area contributed by atoms with E-state index < -0.39 is 0 Å². The van der Waals surface area contributed by atoms with Crippen molar-refractivity contribution >= 4 is 60.3 Å². The molecule has 0 aliphatic rings. The molecule has 0 bridgehead atoms. The molecule has 154 valence electrons. The molecule has 3 rings (SSSR count). The van der Waals surface area contributed by atoms with Gasteiger partial charge in [0.15, 0.2) is 5.13 Å². The summed E-state index contributed by atoms with van der Waals surface area (Å²) in [6.45, 7) is 1.55. The van der Waals surface area contributed by atoms with Crippen molar-refractivity contribution in [1.82, 2.24) is 9.88 Å². The van der Waals surface area contributed by atoms with E-state index >= 15 is 0 Å². The number of benzene rings is 2. The SMILES string of the molecule is CN(C)CCCN(C(=O)CCSc1ccc(F)cc1)c1nc2ccc(Br)cc2s1. The number of carbonyl (C=O) groups is 1. The predicted molar refractivity (Wildman–Crippen MR) is 125 cm³/mol. The first-order chi connectivity index (χ1) is 13.9. The maximum atomic E-state index is 13.0. The summed E-state index contributed by atoms with van der Waals surface area (Å²) in [5.41, 5.74) is 0.902. The van der Waals surface area contributed by atoms with Crippen LogP contribution in [0.25, 0.3) is 10.2 Å². The molecular weight excluding hydrogens is 473 g/mol. The van der Waals surface area contributed by atoms with E-state index in [9.17, 15) is 9.18 Å². The lowest BCUT2D eigenvalue weighted by atomic mass is 10.3. The second kappa shape index (κ2) is 10.5. The molecular formula is C21H23BrFN3OS2. The van der Waals surface area contributed by atoms with Crippen molar-refractivity contribution in [1.29, 1.82) is 0 Å². The fourth-order valence-corrected chi connectivity index (χ4v) is 5.20. The summed E-state index contributed by atoms with van der Waals surface area (Å²) >= 11 is 6.59. The maximum Gasteiger partial charge on any atom is 0.229 e. The number of anilines is 1. The summed E-state index contributed by atoms with van der Waals surface area (Å²) in [5.74, 6) is 0.460. The lowest BCUT2D eigenvalue weighted by Crippen LogP contribution is -2.33. The average Bonchev–Trinajstić information content (AvgIpc) is 3.09. The standard InChI is InChI=1S/C21H23BrFN3OS2/c1-25(2)11-3-12-26(21-24-18-9-4-15(22)14-19(18)29-21)20(27)10-13-28-17-7-5-16(23)6-8-17/h4-9,14H,3,10-13H2,1-2H3. The van der Waals surface area contributed by atoms with Crippen LogP contribution in [-0.4, -0.2) is 48.7 Å². The van der Waals surface area contributed by atoms with Gasteiger partial charge in [0.2, 0.25) is 5.91 Å². The minimum atomic E-state index is -0.250. The fourth-order valence-electron chi connectivity index (χ4n) is 2.80. The van der Waals surface area contributed by atoms with Crippen molar-refractivity contribution in [2.24, 2.45) is 0 Å². The number of hydrogen-bond acceptors (Lipinski definition) is 5. The van der Waals surface area contributed by atoms with Crippen molar-refractivity contribution in [2.45, 2.75) is 17.7 Å². The van der Waals surface area contributed by atoms with Gasteiger partial charge < -0.3 is 4.90 Å². The zero-order chi connectivity index (χ0) is 20.8.